The number of hydrogen-bond donors (Lipinski definition) is 8. The molecule has 1 aliphatic rings. The van der Waals surface area contributed by atoms with Crippen LogP contribution in [0.4, 0.5) is 0 Å². The maximum atomic E-state index is 13.1. The fraction of sp³-hybridized carbons (Fsp3) is 0.867. The molecule has 19 nitrogen and oxygen atoms in total. The van der Waals surface area contributed by atoms with E-state index in [0.717, 1.165) is 70.6 Å². The van der Waals surface area contributed by atoms with Crippen molar-refractivity contribution < 1.29 is 90.6 Å². The van der Waals surface area contributed by atoms with E-state index in [1.165, 1.54) is 83.5 Å². The number of ether oxygens (including phenoxy) is 2. The van der Waals surface area contributed by atoms with Gasteiger partial charge in [0, 0.05) is 12.8 Å². The Kier molecular flexibility index (Phi) is 35.5. The van der Waals surface area contributed by atoms with Crippen LogP contribution in [0.15, 0.2) is 24.3 Å². The molecule has 1 fully saturated rings. The molecule has 67 heavy (non-hydrogen) atoms. The molecular weight excluding hydrogens is 937 g/mol. The molecule has 1 saturated carbocycles. The molecule has 8 N–H and O–H groups in total. The van der Waals surface area contributed by atoms with E-state index >= 15 is 0 Å². The number of unbranched alkanes of at least 4 members (excludes halogenated alkanes) is 22. The molecule has 1 aliphatic carbocycles. The second kappa shape index (κ2) is 37.4. The summed E-state index contributed by atoms with van der Waals surface area (Å²) in [5.74, 6) is -1.31. The number of carbonyl (C=O) groups excluding carboxylic acids is 2. The van der Waals surface area contributed by atoms with E-state index in [1.54, 1.807) is 0 Å². The second-order valence-electron chi connectivity index (χ2n) is 17.4. The number of esters is 2. The van der Waals surface area contributed by atoms with Gasteiger partial charge in [0.05, 0.1) is 6.61 Å². The standard InChI is InChI=1S/C45H85O19P3/c1-3-5-7-9-11-13-15-17-19-21-23-25-27-29-31-33-38(46)59-35-37(61-39(47)34-32-30-28-26-24-22-20-18-16-14-12-10-8-6-4-2)36-60-67(57,58)64-43-40(48)41(49)44(62-65(51,52)53)45(42(43)50)63-66(54,55)56/h12,14,18,20,37,40-45,48-50H,3-11,13,15-17,19,21-36H2,1-2H3,(H,57,58)(H2,51,52,53)(H2,54,55,56). The van der Waals surface area contributed by atoms with Gasteiger partial charge in [-0.25, -0.2) is 13.7 Å². The number of phosphoric acid groups is 3. The molecule has 22 heteroatoms. The maximum Gasteiger partial charge on any atom is 0.472 e. The van der Waals surface area contributed by atoms with Crippen LogP contribution in [0.1, 0.15) is 194 Å². The Balaban J connectivity index is 2.72. The molecule has 0 aromatic carbocycles. The summed E-state index contributed by atoms with van der Waals surface area (Å²) < 4.78 is 65.5. The highest BCUT2D eigenvalue weighted by Gasteiger charge is 2.56. The molecule has 0 spiro atoms. The Bertz CT molecular complexity index is 1500. The topological polar surface area (TPSA) is 303 Å². The number of hydrogen-bond acceptors (Lipinski definition) is 14. The summed E-state index contributed by atoms with van der Waals surface area (Å²) in [5.41, 5.74) is 0. The van der Waals surface area contributed by atoms with Crippen molar-refractivity contribution in [2.75, 3.05) is 13.2 Å². The van der Waals surface area contributed by atoms with Crippen LogP contribution in [0.5, 0.6) is 0 Å². The van der Waals surface area contributed by atoms with E-state index in [-0.39, 0.29) is 12.8 Å². The highest BCUT2D eigenvalue weighted by molar-refractivity contribution is 7.47. The minimum Gasteiger partial charge on any atom is -0.462 e. The van der Waals surface area contributed by atoms with Gasteiger partial charge in [-0.2, -0.15) is 0 Å². The predicted molar refractivity (Wildman–Crippen MR) is 252 cm³/mol. The monoisotopic (exact) mass is 1020 g/mol. The average molecular weight is 1020 g/mol. The molecule has 0 aromatic rings. The number of aliphatic hydroxyl groups is 3. The first-order valence-electron chi connectivity index (χ1n) is 24.6. The minimum atomic E-state index is -5.60. The van der Waals surface area contributed by atoms with Crippen LogP contribution in [-0.4, -0.2) is 108 Å². The third-order valence-corrected chi connectivity index (χ3v) is 13.3. The van der Waals surface area contributed by atoms with E-state index in [9.17, 15) is 63.1 Å². The highest BCUT2D eigenvalue weighted by Crippen LogP contribution is 2.51. The van der Waals surface area contributed by atoms with E-state index in [4.69, 9.17) is 18.5 Å². The van der Waals surface area contributed by atoms with Crippen LogP contribution >= 0.6 is 23.5 Å². The summed E-state index contributed by atoms with van der Waals surface area (Å²) >= 11 is 0. The molecule has 8 atom stereocenters. The lowest BCUT2D eigenvalue weighted by atomic mass is 9.85. The largest absolute Gasteiger partial charge is 0.472 e. The summed E-state index contributed by atoms with van der Waals surface area (Å²) in [4.78, 5) is 73.2. The number of carbonyl (C=O) groups is 2. The van der Waals surface area contributed by atoms with Gasteiger partial charge in [-0.3, -0.25) is 27.7 Å². The van der Waals surface area contributed by atoms with Gasteiger partial charge in [0.2, 0.25) is 0 Å². The van der Waals surface area contributed by atoms with Gasteiger partial charge in [0.25, 0.3) is 0 Å². The smallest absolute Gasteiger partial charge is 0.462 e. The minimum absolute atomic E-state index is 0.0154. The van der Waals surface area contributed by atoms with E-state index < -0.39 is 91.3 Å². The van der Waals surface area contributed by atoms with E-state index in [1.807, 2.05) is 0 Å². The Labute approximate surface area is 398 Å². The van der Waals surface area contributed by atoms with Gasteiger partial charge < -0.3 is 49.3 Å². The van der Waals surface area contributed by atoms with Crippen molar-refractivity contribution in [1.29, 1.82) is 0 Å². The third-order valence-electron chi connectivity index (χ3n) is 11.3. The number of phosphoric ester groups is 3. The van der Waals surface area contributed by atoms with Crippen molar-refractivity contribution in [3.05, 3.63) is 24.3 Å². The van der Waals surface area contributed by atoms with Gasteiger partial charge in [-0.1, -0.05) is 160 Å². The number of allylic oxidation sites excluding steroid dienone is 4. The lowest BCUT2D eigenvalue weighted by Crippen LogP contribution is -2.65. The van der Waals surface area contributed by atoms with Crippen LogP contribution in [0.2, 0.25) is 0 Å². The van der Waals surface area contributed by atoms with Crippen LogP contribution < -0.4 is 0 Å². The van der Waals surface area contributed by atoms with Gasteiger partial charge in [0.1, 0.15) is 43.2 Å². The molecule has 0 bridgehead atoms. The fourth-order valence-corrected chi connectivity index (χ4v) is 9.65. The van der Waals surface area contributed by atoms with Crippen LogP contribution in [-0.2, 0) is 50.9 Å². The lowest BCUT2D eigenvalue weighted by Gasteiger charge is -2.44. The molecule has 0 saturated heterocycles. The van der Waals surface area contributed by atoms with Crippen LogP contribution in [0, 0.1) is 0 Å². The first-order chi connectivity index (χ1) is 31.8. The van der Waals surface area contributed by atoms with Crippen molar-refractivity contribution in [1.82, 2.24) is 0 Å². The molecule has 0 aliphatic heterocycles. The SMILES string of the molecule is CCCCCC=CCC=CCCCCCCCC(=O)OC(COC(=O)CCCCCCCCCCCCCCCCC)COP(=O)(O)OC1C(O)C(O)C(OP(=O)(O)O)C(OP(=O)(O)O)C1O. The highest BCUT2D eigenvalue weighted by atomic mass is 31.2. The summed E-state index contributed by atoms with van der Waals surface area (Å²) in [6.07, 6.45) is 20.5. The van der Waals surface area contributed by atoms with Crippen LogP contribution in [0.25, 0.3) is 0 Å². The fourth-order valence-electron chi connectivity index (χ4n) is 7.55. The molecule has 394 valence electrons. The lowest BCUT2D eigenvalue weighted by molar-refractivity contribution is -0.213. The van der Waals surface area contributed by atoms with E-state index in [2.05, 4.69) is 47.2 Å². The zero-order valence-corrected chi connectivity index (χ0v) is 42.7. The third kappa shape index (κ3) is 33.8. The van der Waals surface area contributed by atoms with Gasteiger partial charge in [-0.05, 0) is 44.9 Å². The van der Waals surface area contributed by atoms with Gasteiger partial charge >= 0.3 is 35.4 Å². The first kappa shape index (κ1) is 63.6. The first-order valence-corrected chi connectivity index (χ1v) is 29.2. The van der Waals surface area contributed by atoms with Crippen molar-refractivity contribution in [2.24, 2.45) is 0 Å². The maximum absolute atomic E-state index is 13.1. The number of aliphatic hydroxyl groups excluding tert-OH is 3. The zero-order chi connectivity index (χ0) is 50.0. The van der Waals surface area contributed by atoms with Crippen molar-refractivity contribution in [2.45, 2.75) is 236 Å². The van der Waals surface area contributed by atoms with Crippen molar-refractivity contribution in [3.63, 3.8) is 0 Å². The van der Waals surface area contributed by atoms with Crippen molar-refractivity contribution in [3.8, 4) is 0 Å². The molecule has 0 radical (unpaired) electrons. The summed E-state index contributed by atoms with van der Waals surface area (Å²) in [5, 5.41) is 31.9. The molecule has 8 unspecified atom stereocenters. The normalized spacial score (nSPS) is 21.8. The second-order valence-corrected chi connectivity index (χ2v) is 21.2. The molecule has 1 rings (SSSR count). The molecule has 0 amide bonds. The Morgan fingerprint density at radius 1 is 0.478 bits per heavy atom. The summed E-state index contributed by atoms with van der Waals surface area (Å²) in [6, 6.07) is 0. The van der Waals surface area contributed by atoms with E-state index in [0.29, 0.717) is 12.8 Å². The molecule has 0 aromatic heterocycles. The predicted octanol–water partition coefficient (Wildman–Crippen LogP) is 9.07. The molecular formula is C45H85O19P3. The quantitative estimate of drug-likeness (QED) is 0.0122. The molecule has 0 heterocycles. The Morgan fingerprint density at radius 3 is 1.34 bits per heavy atom. The summed E-state index contributed by atoms with van der Waals surface area (Å²) in [6.45, 7) is 2.92. The average Bonchev–Trinajstić information content (AvgIpc) is 3.25. The Hall–Kier alpha value is -1.37. The summed E-state index contributed by atoms with van der Waals surface area (Å²) in [7, 11) is -16.6. The van der Waals surface area contributed by atoms with Crippen molar-refractivity contribution >= 4 is 35.4 Å². The van der Waals surface area contributed by atoms with Gasteiger partial charge in [0.15, 0.2) is 6.10 Å². The zero-order valence-electron chi connectivity index (χ0n) is 40.0. The number of rotatable bonds is 42. The van der Waals surface area contributed by atoms with Gasteiger partial charge in [-0.15, -0.1) is 0 Å². The van der Waals surface area contributed by atoms with Crippen LogP contribution in [0.3, 0.4) is 0 Å². The Morgan fingerprint density at radius 2 is 0.866 bits per heavy atom.